The Kier molecular flexibility index (Phi) is 8.68. The number of thiophene rings is 1. The fourth-order valence-corrected chi connectivity index (χ4v) is 6.37. The SMILES string of the molecule is Cc1c[c-]c(-c2cc(C)c(C)cn2)cc1.[2H]C([2H])(c1ccnc(-c2[c-]ccc3c2oc2cc4c(C)c(C)sc4cc23)c1)C(C)(C)C.[Ir]. The molecule has 3 aromatic carbocycles. The molecule has 0 bridgehead atoms. The predicted octanol–water partition coefficient (Wildman–Crippen LogP) is 11.3. The number of hydrogen-bond donors (Lipinski definition) is 0. The number of rotatable bonds is 3. The molecule has 3 nitrogen and oxygen atoms in total. The molecule has 0 fully saturated rings. The van der Waals surface area contributed by atoms with Crippen LogP contribution < -0.4 is 0 Å². The number of nitrogens with zero attached hydrogens (tertiary/aromatic N) is 2. The monoisotopic (exact) mass is 789 g/mol. The summed E-state index contributed by atoms with van der Waals surface area (Å²) in [6.07, 6.45) is 2.09. The molecule has 231 valence electrons. The summed E-state index contributed by atoms with van der Waals surface area (Å²) in [4.78, 5) is 10.3. The number of aromatic nitrogens is 2. The first-order chi connectivity index (χ1) is 21.7. The third kappa shape index (κ3) is 6.97. The predicted molar refractivity (Wildman–Crippen MR) is 187 cm³/mol. The van der Waals surface area contributed by atoms with Crippen molar-refractivity contribution >= 4 is 43.4 Å². The van der Waals surface area contributed by atoms with Crippen molar-refractivity contribution in [2.45, 2.75) is 61.8 Å². The quantitative estimate of drug-likeness (QED) is 0.167. The van der Waals surface area contributed by atoms with Gasteiger partial charge >= 0.3 is 0 Å². The zero-order valence-electron chi connectivity index (χ0n) is 29.0. The molecule has 0 saturated carbocycles. The summed E-state index contributed by atoms with van der Waals surface area (Å²) < 4.78 is 24.9. The Morgan fingerprint density at radius 1 is 0.844 bits per heavy atom. The summed E-state index contributed by atoms with van der Waals surface area (Å²) in [5, 5.41) is 3.35. The van der Waals surface area contributed by atoms with Crippen molar-refractivity contribution in [3.8, 4) is 22.5 Å². The van der Waals surface area contributed by atoms with Crippen molar-refractivity contribution in [3.05, 3.63) is 118 Å². The van der Waals surface area contributed by atoms with Crippen LogP contribution in [0, 0.1) is 52.2 Å². The topological polar surface area (TPSA) is 38.9 Å². The Hall–Kier alpha value is -3.63. The molecule has 0 aliphatic heterocycles. The summed E-state index contributed by atoms with van der Waals surface area (Å²) in [5.74, 6) is 0. The number of aryl methyl sites for hydroxylation is 5. The summed E-state index contributed by atoms with van der Waals surface area (Å²) >= 11 is 1.81. The molecule has 0 aliphatic carbocycles. The summed E-state index contributed by atoms with van der Waals surface area (Å²) in [6.45, 7) is 16.3. The van der Waals surface area contributed by atoms with Crippen LogP contribution in [0.25, 0.3) is 54.5 Å². The maximum absolute atomic E-state index is 8.64. The van der Waals surface area contributed by atoms with Crippen molar-refractivity contribution in [1.29, 1.82) is 0 Å². The Labute approximate surface area is 286 Å². The van der Waals surface area contributed by atoms with E-state index in [1.54, 1.807) is 12.3 Å². The average molecular weight is 789 g/mol. The first kappa shape index (κ1) is 30.0. The van der Waals surface area contributed by atoms with Crippen LogP contribution in [0.2, 0.25) is 0 Å². The summed E-state index contributed by atoms with van der Waals surface area (Å²) in [6, 6.07) is 26.6. The molecule has 45 heavy (non-hydrogen) atoms. The van der Waals surface area contributed by atoms with Crippen LogP contribution in [0.4, 0.5) is 0 Å². The van der Waals surface area contributed by atoms with Crippen LogP contribution in [-0.2, 0) is 26.5 Å². The Morgan fingerprint density at radius 2 is 1.64 bits per heavy atom. The second-order valence-corrected chi connectivity index (χ2v) is 13.8. The zero-order valence-corrected chi connectivity index (χ0v) is 30.2. The largest absolute Gasteiger partial charge is 0.501 e. The van der Waals surface area contributed by atoms with Gasteiger partial charge in [-0.2, -0.15) is 0 Å². The van der Waals surface area contributed by atoms with Crippen LogP contribution in [0.5, 0.6) is 0 Å². The van der Waals surface area contributed by atoms with Gasteiger partial charge in [0.25, 0.3) is 0 Å². The maximum atomic E-state index is 8.64. The minimum atomic E-state index is -1.49. The number of pyridine rings is 2. The van der Waals surface area contributed by atoms with Gasteiger partial charge in [0.05, 0.1) is 5.58 Å². The fourth-order valence-electron chi connectivity index (χ4n) is 5.28. The van der Waals surface area contributed by atoms with E-state index in [1.165, 1.54) is 37.2 Å². The van der Waals surface area contributed by atoms with Crippen molar-refractivity contribution < 1.29 is 27.3 Å². The van der Waals surface area contributed by atoms with E-state index < -0.39 is 11.8 Å². The molecule has 1 radical (unpaired) electrons. The molecular weight excluding hydrogens is 749 g/mol. The third-order valence-corrected chi connectivity index (χ3v) is 9.05. The van der Waals surface area contributed by atoms with Gasteiger partial charge < -0.3 is 14.4 Å². The molecule has 4 aromatic heterocycles. The average Bonchev–Trinajstić information content (AvgIpc) is 3.53. The van der Waals surface area contributed by atoms with Crippen LogP contribution in [0.1, 0.15) is 56.2 Å². The second kappa shape index (κ2) is 13.0. The van der Waals surface area contributed by atoms with Crippen molar-refractivity contribution in [2.24, 2.45) is 5.41 Å². The van der Waals surface area contributed by atoms with E-state index in [9.17, 15) is 0 Å². The molecule has 0 atom stereocenters. The Morgan fingerprint density at radius 3 is 2.36 bits per heavy atom. The molecular formula is C40H38IrN2OS-2. The first-order valence-corrected chi connectivity index (χ1v) is 15.7. The standard InChI is InChI=1S/C26H24NOS.C14H14N.Ir/c1-15-16(2)29-24-13-21-18-7-6-8-19(25(18)28-23(21)12-20(15)24)22-11-17(9-10-27-22)14-26(3,4)5;1-10-4-6-13(7-5-10)14-8-11(2)12(3)9-15-14;/h6-7,9-13H,14H2,1-5H3;4-6,8-9H,1-3H3;/q2*-1;/i14D2;;. The van der Waals surface area contributed by atoms with Gasteiger partial charge in [0.2, 0.25) is 0 Å². The molecule has 0 spiro atoms. The molecule has 0 N–H and O–H groups in total. The molecule has 0 unspecified atom stereocenters. The van der Waals surface area contributed by atoms with Gasteiger partial charge in [0.15, 0.2) is 0 Å². The third-order valence-electron chi connectivity index (χ3n) is 7.88. The molecule has 4 heterocycles. The van der Waals surface area contributed by atoms with E-state index >= 15 is 0 Å². The van der Waals surface area contributed by atoms with Crippen LogP contribution >= 0.6 is 11.3 Å². The van der Waals surface area contributed by atoms with Gasteiger partial charge in [-0.3, -0.25) is 0 Å². The number of furan rings is 1. The maximum Gasteiger partial charge on any atom is 0.121 e. The van der Waals surface area contributed by atoms with E-state index in [4.69, 9.17) is 7.16 Å². The van der Waals surface area contributed by atoms with Crippen molar-refractivity contribution in [3.63, 3.8) is 0 Å². The van der Waals surface area contributed by atoms with Gasteiger partial charge in [0.1, 0.15) is 5.58 Å². The number of hydrogen-bond acceptors (Lipinski definition) is 4. The van der Waals surface area contributed by atoms with E-state index in [0.717, 1.165) is 38.8 Å². The van der Waals surface area contributed by atoms with Gasteiger partial charge in [-0.1, -0.05) is 61.9 Å². The normalized spacial score (nSPS) is 12.4. The molecule has 0 saturated heterocycles. The van der Waals surface area contributed by atoms with E-state index in [0.29, 0.717) is 11.3 Å². The van der Waals surface area contributed by atoms with E-state index in [-0.39, 0.29) is 20.1 Å². The molecule has 5 heteroatoms. The van der Waals surface area contributed by atoms with Gasteiger partial charge in [-0.15, -0.1) is 64.9 Å². The Bertz CT molecular complexity index is 2230. The number of fused-ring (bicyclic) bond motifs is 4. The zero-order chi connectivity index (χ0) is 33.0. The molecule has 7 aromatic rings. The van der Waals surface area contributed by atoms with Gasteiger partial charge in [-0.05, 0) is 85.6 Å². The van der Waals surface area contributed by atoms with Gasteiger partial charge in [-0.25, -0.2) is 0 Å². The van der Waals surface area contributed by atoms with Crippen molar-refractivity contribution in [1.82, 2.24) is 9.97 Å². The summed E-state index contributed by atoms with van der Waals surface area (Å²) in [7, 11) is 0. The van der Waals surface area contributed by atoms with Crippen LogP contribution in [0.3, 0.4) is 0 Å². The summed E-state index contributed by atoms with van der Waals surface area (Å²) in [5.41, 5.74) is 10.2. The first-order valence-electron chi connectivity index (χ1n) is 15.9. The second-order valence-electron chi connectivity index (χ2n) is 12.6. The molecule has 0 aliphatic rings. The smallest absolute Gasteiger partial charge is 0.121 e. The Balaban J connectivity index is 0.000000228. The minimum absolute atomic E-state index is 0. The fraction of sp³-hybridized carbons (Fsp3) is 0.250. The molecule has 7 rings (SSSR count). The number of benzene rings is 3. The van der Waals surface area contributed by atoms with E-state index in [2.05, 4.69) is 87.1 Å². The van der Waals surface area contributed by atoms with Gasteiger partial charge in [0, 0.05) is 50.2 Å². The minimum Gasteiger partial charge on any atom is -0.501 e. The molecule has 0 amide bonds. The van der Waals surface area contributed by atoms with Crippen molar-refractivity contribution in [2.75, 3.05) is 0 Å². The van der Waals surface area contributed by atoms with Crippen LogP contribution in [0.15, 0.2) is 77.5 Å². The van der Waals surface area contributed by atoms with Crippen LogP contribution in [-0.4, -0.2) is 9.97 Å². The van der Waals surface area contributed by atoms with E-state index in [1.807, 2.05) is 62.6 Å².